The van der Waals surface area contributed by atoms with Crippen LogP contribution in [-0.2, 0) is 16.4 Å². The van der Waals surface area contributed by atoms with E-state index in [4.69, 9.17) is 4.42 Å². The third kappa shape index (κ3) is 3.99. The summed E-state index contributed by atoms with van der Waals surface area (Å²) in [5.74, 6) is 1.61. The first kappa shape index (κ1) is 19.0. The Labute approximate surface area is 155 Å². The molecule has 1 aromatic heterocycles. The van der Waals surface area contributed by atoms with Crippen molar-refractivity contribution in [2.75, 3.05) is 13.1 Å². The molecule has 0 bridgehead atoms. The Bertz CT molecular complexity index is 820. The molecule has 0 aliphatic carbocycles. The quantitative estimate of drug-likeness (QED) is 0.767. The number of hydrogen-bond donors (Lipinski definition) is 0. The molecule has 1 saturated heterocycles. The molecule has 0 N–H and O–H groups in total. The molecule has 26 heavy (non-hydrogen) atoms. The highest BCUT2D eigenvalue weighted by Crippen LogP contribution is 2.31. The van der Waals surface area contributed by atoms with Crippen molar-refractivity contribution >= 4 is 10.0 Å². The van der Waals surface area contributed by atoms with Crippen molar-refractivity contribution < 1.29 is 12.8 Å². The zero-order valence-electron chi connectivity index (χ0n) is 15.7. The lowest BCUT2D eigenvalue weighted by molar-refractivity contribution is 0.285. The van der Waals surface area contributed by atoms with E-state index in [-0.39, 0.29) is 11.8 Å². The van der Waals surface area contributed by atoms with E-state index in [1.165, 1.54) is 5.56 Å². The molecule has 2 heterocycles. The summed E-state index contributed by atoms with van der Waals surface area (Å²) in [5, 5.41) is 8.23. The Morgan fingerprint density at radius 1 is 1.15 bits per heavy atom. The van der Waals surface area contributed by atoms with Gasteiger partial charge in [0.2, 0.25) is 21.8 Å². The fraction of sp³-hybridized carbons (Fsp3) is 0.579. The van der Waals surface area contributed by atoms with E-state index in [0.29, 0.717) is 42.6 Å². The zero-order valence-corrected chi connectivity index (χ0v) is 16.5. The van der Waals surface area contributed by atoms with Gasteiger partial charge in [-0.15, -0.1) is 10.2 Å². The van der Waals surface area contributed by atoms with Crippen LogP contribution in [0.15, 0.2) is 33.6 Å². The number of aryl methyl sites for hydroxylation is 1. The van der Waals surface area contributed by atoms with E-state index in [1.807, 2.05) is 26.0 Å². The molecule has 1 aliphatic heterocycles. The van der Waals surface area contributed by atoms with Crippen LogP contribution >= 0.6 is 0 Å². The van der Waals surface area contributed by atoms with Crippen molar-refractivity contribution in [2.24, 2.45) is 0 Å². The van der Waals surface area contributed by atoms with E-state index < -0.39 is 10.0 Å². The average molecular weight is 378 g/mol. The summed E-state index contributed by atoms with van der Waals surface area (Å²) in [6.45, 7) is 7.09. The topological polar surface area (TPSA) is 76.3 Å². The molecule has 7 heteroatoms. The van der Waals surface area contributed by atoms with Gasteiger partial charge in [-0.3, -0.25) is 0 Å². The van der Waals surface area contributed by atoms with Gasteiger partial charge in [0.25, 0.3) is 0 Å². The number of nitrogens with zero attached hydrogens (tertiary/aromatic N) is 3. The SMILES string of the molecule is CCCc1ccc(S(=O)(=O)N2CCC(c3nnc(C(C)C)o3)CC2)cc1. The summed E-state index contributed by atoms with van der Waals surface area (Å²) in [5.41, 5.74) is 1.17. The lowest BCUT2D eigenvalue weighted by Gasteiger charge is -2.29. The Morgan fingerprint density at radius 2 is 1.81 bits per heavy atom. The van der Waals surface area contributed by atoms with Crippen molar-refractivity contribution in [3.05, 3.63) is 41.6 Å². The van der Waals surface area contributed by atoms with Crippen LogP contribution in [0.1, 0.15) is 69.2 Å². The lowest BCUT2D eigenvalue weighted by atomic mass is 9.98. The van der Waals surface area contributed by atoms with Gasteiger partial charge in [0.05, 0.1) is 4.90 Å². The minimum Gasteiger partial charge on any atom is -0.425 e. The fourth-order valence-electron chi connectivity index (χ4n) is 3.25. The van der Waals surface area contributed by atoms with Crippen LogP contribution in [0.25, 0.3) is 0 Å². The van der Waals surface area contributed by atoms with Crippen LogP contribution < -0.4 is 0 Å². The van der Waals surface area contributed by atoms with Gasteiger partial charge in [0, 0.05) is 24.9 Å². The molecular formula is C19H27N3O3S. The van der Waals surface area contributed by atoms with Gasteiger partial charge < -0.3 is 4.42 Å². The molecule has 0 atom stereocenters. The molecule has 1 aliphatic rings. The van der Waals surface area contributed by atoms with Crippen LogP contribution in [0.5, 0.6) is 0 Å². The second-order valence-corrected chi connectivity index (χ2v) is 9.14. The van der Waals surface area contributed by atoms with Crippen LogP contribution in [0.4, 0.5) is 0 Å². The molecular weight excluding hydrogens is 350 g/mol. The maximum Gasteiger partial charge on any atom is 0.243 e. The summed E-state index contributed by atoms with van der Waals surface area (Å²) < 4.78 is 33.0. The number of sulfonamides is 1. The fourth-order valence-corrected chi connectivity index (χ4v) is 4.72. The first-order chi connectivity index (χ1) is 12.4. The van der Waals surface area contributed by atoms with Gasteiger partial charge in [-0.05, 0) is 37.0 Å². The van der Waals surface area contributed by atoms with Crippen molar-refractivity contribution in [1.82, 2.24) is 14.5 Å². The van der Waals surface area contributed by atoms with Crippen molar-refractivity contribution in [3.63, 3.8) is 0 Å². The van der Waals surface area contributed by atoms with Crippen molar-refractivity contribution in [1.29, 1.82) is 0 Å². The normalized spacial score (nSPS) is 17.1. The van der Waals surface area contributed by atoms with Crippen LogP contribution in [0.2, 0.25) is 0 Å². The summed E-state index contributed by atoms with van der Waals surface area (Å²) in [6.07, 6.45) is 3.42. The molecule has 6 nitrogen and oxygen atoms in total. The predicted octanol–water partition coefficient (Wildman–Crippen LogP) is 3.71. The second kappa shape index (κ2) is 7.88. The van der Waals surface area contributed by atoms with Crippen molar-refractivity contribution in [3.8, 4) is 0 Å². The molecule has 0 radical (unpaired) electrons. The zero-order chi connectivity index (χ0) is 18.7. The third-order valence-electron chi connectivity index (χ3n) is 4.85. The standard InChI is InChI=1S/C19H27N3O3S/c1-4-5-15-6-8-17(9-7-15)26(23,24)22-12-10-16(11-13-22)19-21-20-18(25-19)14(2)3/h6-9,14,16H,4-5,10-13H2,1-3H3. The van der Waals surface area contributed by atoms with Crippen LogP contribution in [0, 0.1) is 0 Å². The highest BCUT2D eigenvalue weighted by atomic mass is 32.2. The molecule has 1 fully saturated rings. The minimum absolute atomic E-state index is 0.133. The van der Waals surface area contributed by atoms with Gasteiger partial charge in [0.15, 0.2) is 0 Å². The average Bonchev–Trinajstić information content (AvgIpc) is 3.13. The van der Waals surface area contributed by atoms with Gasteiger partial charge in [-0.1, -0.05) is 39.3 Å². The molecule has 142 valence electrons. The molecule has 0 spiro atoms. The van der Waals surface area contributed by atoms with E-state index >= 15 is 0 Å². The first-order valence-corrected chi connectivity index (χ1v) is 10.8. The maximum atomic E-state index is 12.9. The number of piperidine rings is 1. The summed E-state index contributed by atoms with van der Waals surface area (Å²) in [4.78, 5) is 0.371. The van der Waals surface area contributed by atoms with Gasteiger partial charge in [-0.25, -0.2) is 8.42 Å². The Kier molecular flexibility index (Phi) is 5.77. The first-order valence-electron chi connectivity index (χ1n) is 9.34. The van der Waals surface area contributed by atoms with E-state index in [9.17, 15) is 8.42 Å². The molecule has 1 aromatic carbocycles. The number of hydrogen-bond acceptors (Lipinski definition) is 5. The number of rotatable bonds is 6. The van der Waals surface area contributed by atoms with E-state index in [2.05, 4.69) is 17.1 Å². The van der Waals surface area contributed by atoms with Crippen molar-refractivity contribution in [2.45, 2.75) is 63.2 Å². The lowest BCUT2D eigenvalue weighted by Crippen LogP contribution is -2.37. The smallest absolute Gasteiger partial charge is 0.243 e. The Hall–Kier alpha value is -1.73. The minimum atomic E-state index is -3.44. The predicted molar refractivity (Wildman–Crippen MR) is 99.6 cm³/mol. The Balaban J connectivity index is 1.66. The maximum absolute atomic E-state index is 12.9. The Morgan fingerprint density at radius 3 is 2.35 bits per heavy atom. The molecule has 0 amide bonds. The number of benzene rings is 1. The van der Waals surface area contributed by atoms with E-state index in [0.717, 1.165) is 12.8 Å². The summed E-state index contributed by atoms with van der Waals surface area (Å²) in [7, 11) is -3.44. The number of aromatic nitrogens is 2. The molecule has 3 rings (SSSR count). The van der Waals surface area contributed by atoms with Gasteiger partial charge >= 0.3 is 0 Å². The van der Waals surface area contributed by atoms with Crippen LogP contribution in [0.3, 0.4) is 0 Å². The van der Waals surface area contributed by atoms with E-state index in [1.54, 1.807) is 16.4 Å². The molecule has 2 aromatic rings. The van der Waals surface area contributed by atoms with Gasteiger partial charge in [-0.2, -0.15) is 4.31 Å². The third-order valence-corrected chi connectivity index (χ3v) is 6.77. The monoisotopic (exact) mass is 377 g/mol. The highest BCUT2D eigenvalue weighted by Gasteiger charge is 2.32. The largest absolute Gasteiger partial charge is 0.425 e. The summed E-state index contributed by atoms with van der Waals surface area (Å²) in [6, 6.07) is 7.27. The molecule has 0 saturated carbocycles. The second-order valence-electron chi connectivity index (χ2n) is 7.21. The summed E-state index contributed by atoms with van der Waals surface area (Å²) >= 11 is 0. The van der Waals surface area contributed by atoms with Crippen LogP contribution in [-0.4, -0.2) is 36.0 Å². The highest BCUT2D eigenvalue weighted by molar-refractivity contribution is 7.89. The van der Waals surface area contributed by atoms with Gasteiger partial charge in [0.1, 0.15) is 0 Å². The molecule has 0 unspecified atom stereocenters.